The largest absolute Gasteiger partial charge is 0.382 e. The number of nitriles is 1. The van der Waals surface area contributed by atoms with Crippen molar-refractivity contribution in [1.29, 1.82) is 5.26 Å². The SMILES string of the molecule is N#Cc1c(N)nc(N)nc1N1CCCC1c1nc2cccc(Cl)c2c(=O)n1Cc1ccc(C(=O)NO)s1. The summed E-state index contributed by atoms with van der Waals surface area (Å²) in [6.07, 6.45) is 1.36. The van der Waals surface area contributed by atoms with Crippen molar-refractivity contribution in [3.63, 3.8) is 0 Å². The van der Waals surface area contributed by atoms with Gasteiger partial charge in [0.25, 0.3) is 11.5 Å². The van der Waals surface area contributed by atoms with E-state index in [0.29, 0.717) is 29.2 Å². The topological polar surface area (TPSA) is 189 Å². The van der Waals surface area contributed by atoms with Gasteiger partial charge in [0.2, 0.25) is 5.95 Å². The predicted octanol–water partition coefficient (Wildman–Crippen LogP) is 2.45. The fraction of sp³-hybridized carbons (Fsp3) is 0.217. The molecule has 1 amide bonds. The zero-order valence-electron chi connectivity index (χ0n) is 19.2. The van der Waals surface area contributed by atoms with Gasteiger partial charge >= 0.3 is 0 Å². The number of nitrogens with two attached hydrogens (primary N) is 2. The van der Waals surface area contributed by atoms with E-state index in [1.54, 1.807) is 35.8 Å². The molecular weight excluding hydrogens is 518 g/mol. The number of carbonyl (C=O) groups excluding carboxylic acids is 1. The van der Waals surface area contributed by atoms with Crippen LogP contribution in [-0.2, 0) is 6.54 Å². The van der Waals surface area contributed by atoms with E-state index in [2.05, 4.69) is 16.0 Å². The van der Waals surface area contributed by atoms with Crippen LogP contribution in [0, 0.1) is 11.3 Å². The van der Waals surface area contributed by atoms with Gasteiger partial charge in [-0.05, 0) is 37.1 Å². The number of carbonyl (C=O) groups is 1. The zero-order valence-corrected chi connectivity index (χ0v) is 20.8. The Labute approximate surface area is 218 Å². The van der Waals surface area contributed by atoms with Crippen LogP contribution >= 0.6 is 22.9 Å². The minimum atomic E-state index is -0.645. The van der Waals surface area contributed by atoms with E-state index in [-0.39, 0.29) is 50.5 Å². The summed E-state index contributed by atoms with van der Waals surface area (Å²) in [6.45, 7) is 0.633. The number of halogens is 1. The van der Waals surface area contributed by atoms with Crippen molar-refractivity contribution in [2.75, 3.05) is 22.9 Å². The second kappa shape index (κ2) is 9.66. The molecule has 1 fully saturated rings. The Morgan fingerprint density at radius 2 is 2.08 bits per heavy atom. The number of nitrogens with zero attached hydrogens (tertiary/aromatic N) is 6. The molecule has 0 bridgehead atoms. The summed E-state index contributed by atoms with van der Waals surface area (Å²) < 4.78 is 1.52. The summed E-state index contributed by atoms with van der Waals surface area (Å²) >= 11 is 7.52. The molecule has 12 nitrogen and oxygen atoms in total. The predicted molar refractivity (Wildman–Crippen MR) is 139 cm³/mol. The molecule has 1 aliphatic heterocycles. The highest BCUT2D eigenvalue weighted by Gasteiger charge is 2.34. The van der Waals surface area contributed by atoms with Crippen molar-refractivity contribution in [2.45, 2.75) is 25.4 Å². The van der Waals surface area contributed by atoms with Crippen molar-refractivity contribution in [3.8, 4) is 6.07 Å². The first-order valence-corrected chi connectivity index (χ1v) is 12.3. The first kappa shape index (κ1) is 24.4. The summed E-state index contributed by atoms with van der Waals surface area (Å²) in [5, 5.41) is 19.2. The van der Waals surface area contributed by atoms with Gasteiger partial charge < -0.3 is 16.4 Å². The molecule has 6 N–H and O–H groups in total. The first-order chi connectivity index (χ1) is 17.8. The number of hydrogen-bond acceptors (Lipinski definition) is 11. The van der Waals surface area contributed by atoms with Gasteiger partial charge in [0.05, 0.1) is 33.4 Å². The maximum atomic E-state index is 13.8. The molecule has 4 aromatic rings. The Morgan fingerprint density at radius 3 is 2.84 bits per heavy atom. The average molecular weight is 538 g/mol. The first-order valence-electron chi connectivity index (χ1n) is 11.1. The van der Waals surface area contributed by atoms with Gasteiger partial charge in [-0.2, -0.15) is 15.2 Å². The van der Waals surface area contributed by atoms with E-state index in [9.17, 15) is 14.9 Å². The number of rotatable bonds is 5. The van der Waals surface area contributed by atoms with E-state index in [0.717, 1.165) is 17.8 Å². The third-order valence-corrected chi connectivity index (χ3v) is 7.52. The molecule has 0 spiro atoms. The fourth-order valence-electron chi connectivity index (χ4n) is 4.53. The molecule has 1 atom stereocenters. The zero-order chi connectivity index (χ0) is 26.3. The van der Waals surface area contributed by atoms with Crippen LogP contribution in [0.5, 0.6) is 0 Å². The maximum Gasteiger partial charge on any atom is 0.284 e. The second-order valence-electron chi connectivity index (χ2n) is 8.33. The summed E-state index contributed by atoms with van der Waals surface area (Å²) in [5.41, 5.74) is 13.6. The molecule has 1 saturated heterocycles. The smallest absolute Gasteiger partial charge is 0.284 e. The number of benzene rings is 1. The lowest BCUT2D eigenvalue weighted by atomic mass is 10.1. The molecule has 0 aliphatic carbocycles. The number of nitrogens with one attached hydrogen (secondary N) is 1. The molecule has 0 saturated carbocycles. The normalized spacial score (nSPS) is 15.2. The number of thiophene rings is 1. The third kappa shape index (κ3) is 4.31. The summed E-state index contributed by atoms with van der Waals surface area (Å²) in [7, 11) is 0. The maximum absolute atomic E-state index is 13.8. The van der Waals surface area contributed by atoms with Crippen LogP contribution in [0.25, 0.3) is 10.9 Å². The second-order valence-corrected chi connectivity index (χ2v) is 9.91. The van der Waals surface area contributed by atoms with Gasteiger partial charge in [-0.1, -0.05) is 17.7 Å². The molecular formula is C23H20ClN9O3S. The number of amides is 1. The number of hydroxylamine groups is 1. The minimum absolute atomic E-state index is 0.0282. The average Bonchev–Trinajstić information content (AvgIpc) is 3.54. The van der Waals surface area contributed by atoms with Crippen LogP contribution in [0.15, 0.2) is 35.1 Å². The van der Waals surface area contributed by atoms with E-state index < -0.39 is 11.9 Å². The van der Waals surface area contributed by atoms with Crippen molar-refractivity contribution >= 4 is 57.3 Å². The Hall–Kier alpha value is -4.25. The van der Waals surface area contributed by atoms with Gasteiger partial charge in [-0.25, -0.2) is 10.5 Å². The van der Waals surface area contributed by atoms with Gasteiger partial charge in [0.1, 0.15) is 23.3 Å². The standard InChI is InChI=1S/C23H20ClN9O3S/c24-13-3-1-4-14-17(13)22(35)33(10-11-6-7-16(37-11)21(34)31-36)20(28-14)15-5-2-8-32(15)19-12(9-25)18(26)29-23(27)30-19/h1,3-4,6-7,15,36H,2,5,8,10H2,(H,31,34)(H4,26,27,29,30). The molecule has 188 valence electrons. The number of fused-ring (bicyclic) bond motifs is 1. The van der Waals surface area contributed by atoms with E-state index in [4.69, 9.17) is 33.3 Å². The van der Waals surface area contributed by atoms with Crippen LogP contribution in [0.4, 0.5) is 17.6 Å². The Kier molecular flexibility index (Phi) is 6.38. The quantitative estimate of drug-likeness (QED) is 0.217. The monoisotopic (exact) mass is 537 g/mol. The van der Waals surface area contributed by atoms with Crippen LogP contribution < -0.4 is 27.4 Å². The number of aromatic nitrogens is 4. The molecule has 5 rings (SSSR count). The third-order valence-electron chi connectivity index (χ3n) is 6.13. The molecule has 1 unspecified atom stereocenters. The van der Waals surface area contributed by atoms with Crippen molar-refractivity contribution in [2.24, 2.45) is 0 Å². The van der Waals surface area contributed by atoms with E-state index in [1.807, 2.05) is 4.90 Å². The Bertz CT molecular complexity index is 1650. The molecule has 14 heteroatoms. The van der Waals surface area contributed by atoms with Crippen molar-refractivity contribution < 1.29 is 10.0 Å². The highest BCUT2D eigenvalue weighted by molar-refractivity contribution is 7.14. The van der Waals surface area contributed by atoms with Gasteiger partial charge in [-0.3, -0.25) is 19.4 Å². The molecule has 4 heterocycles. The van der Waals surface area contributed by atoms with Gasteiger partial charge in [-0.15, -0.1) is 11.3 Å². The van der Waals surface area contributed by atoms with Gasteiger partial charge in [0, 0.05) is 11.4 Å². The number of anilines is 3. The van der Waals surface area contributed by atoms with Crippen LogP contribution in [0.3, 0.4) is 0 Å². The molecule has 37 heavy (non-hydrogen) atoms. The van der Waals surface area contributed by atoms with Gasteiger partial charge in [0.15, 0.2) is 5.82 Å². The molecule has 0 radical (unpaired) electrons. The molecule has 3 aromatic heterocycles. The number of hydrogen-bond donors (Lipinski definition) is 4. The van der Waals surface area contributed by atoms with Crippen LogP contribution in [-0.4, -0.2) is 37.2 Å². The lowest BCUT2D eigenvalue weighted by molar-refractivity contribution is 0.0711. The van der Waals surface area contributed by atoms with Crippen molar-refractivity contribution in [1.82, 2.24) is 25.0 Å². The fourth-order valence-corrected chi connectivity index (χ4v) is 5.67. The van der Waals surface area contributed by atoms with E-state index in [1.165, 1.54) is 4.57 Å². The molecule has 1 aromatic carbocycles. The summed E-state index contributed by atoms with van der Waals surface area (Å²) in [5.74, 6) is -0.0208. The Balaban J connectivity index is 1.69. The van der Waals surface area contributed by atoms with E-state index >= 15 is 0 Å². The lowest BCUT2D eigenvalue weighted by Gasteiger charge is -2.28. The van der Waals surface area contributed by atoms with Crippen molar-refractivity contribution in [3.05, 3.63) is 66.9 Å². The minimum Gasteiger partial charge on any atom is -0.382 e. The highest BCUT2D eigenvalue weighted by atomic mass is 35.5. The molecule has 1 aliphatic rings. The van der Waals surface area contributed by atoms with Crippen LogP contribution in [0.1, 0.15) is 44.8 Å². The highest BCUT2D eigenvalue weighted by Crippen LogP contribution is 2.38. The Morgan fingerprint density at radius 1 is 1.27 bits per heavy atom. The number of nitrogen functional groups attached to an aromatic ring is 2. The summed E-state index contributed by atoms with van der Waals surface area (Å²) in [4.78, 5) is 41.5. The summed E-state index contributed by atoms with van der Waals surface area (Å²) in [6, 6.07) is 9.94. The lowest BCUT2D eigenvalue weighted by Crippen LogP contribution is -2.33. The van der Waals surface area contributed by atoms with Crippen LogP contribution in [0.2, 0.25) is 5.02 Å².